The van der Waals surface area contributed by atoms with E-state index in [1.165, 1.54) is 0 Å². The van der Waals surface area contributed by atoms with Crippen LogP contribution >= 0.6 is 11.6 Å². The van der Waals surface area contributed by atoms with Crippen LogP contribution in [-0.4, -0.2) is 30.0 Å². The van der Waals surface area contributed by atoms with Gasteiger partial charge in [0.05, 0.1) is 10.9 Å². The monoisotopic (exact) mass is 251 g/mol. The molecule has 1 saturated carbocycles. The second-order valence-electron chi connectivity index (χ2n) is 4.69. The first-order valence-corrected chi connectivity index (χ1v) is 6.27. The smallest absolute Gasteiger partial charge is 0.226 e. The Morgan fingerprint density at radius 2 is 2.24 bits per heavy atom. The predicted octanol–water partition coefficient (Wildman–Crippen LogP) is 1.45. The zero-order valence-electron chi connectivity index (χ0n) is 9.40. The lowest BCUT2D eigenvalue weighted by atomic mass is 9.99. The van der Waals surface area contributed by atoms with Gasteiger partial charge in [0.1, 0.15) is 5.82 Å². The van der Waals surface area contributed by atoms with Gasteiger partial charge < -0.3 is 10.2 Å². The van der Waals surface area contributed by atoms with Crippen LogP contribution in [0.3, 0.4) is 0 Å². The van der Waals surface area contributed by atoms with E-state index in [1.54, 1.807) is 6.20 Å². The SMILES string of the molecule is O=C(NC1CC1)C1CN(c2ncccc2Cl)C1. The summed E-state index contributed by atoms with van der Waals surface area (Å²) < 4.78 is 0. The van der Waals surface area contributed by atoms with E-state index in [1.807, 2.05) is 17.0 Å². The highest BCUT2D eigenvalue weighted by molar-refractivity contribution is 6.32. The number of nitrogens with zero attached hydrogens (tertiary/aromatic N) is 2. The molecule has 5 heteroatoms. The zero-order valence-corrected chi connectivity index (χ0v) is 10.2. The average Bonchev–Trinajstić information content (AvgIpc) is 3.02. The largest absolute Gasteiger partial charge is 0.354 e. The second kappa shape index (κ2) is 4.18. The summed E-state index contributed by atoms with van der Waals surface area (Å²) in [7, 11) is 0. The van der Waals surface area contributed by atoms with Crippen molar-refractivity contribution in [3.05, 3.63) is 23.4 Å². The molecule has 2 fully saturated rings. The average molecular weight is 252 g/mol. The molecule has 1 aliphatic heterocycles. The molecular weight excluding hydrogens is 238 g/mol. The van der Waals surface area contributed by atoms with Gasteiger partial charge in [-0.25, -0.2) is 4.98 Å². The van der Waals surface area contributed by atoms with Crippen molar-refractivity contribution in [3.63, 3.8) is 0 Å². The molecule has 17 heavy (non-hydrogen) atoms. The van der Waals surface area contributed by atoms with Crippen molar-refractivity contribution in [1.29, 1.82) is 0 Å². The fourth-order valence-electron chi connectivity index (χ4n) is 1.97. The molecule has 1 saturated heterocycles. The van der Waals surface area contributed by atoms with Crippen molar-refractivity contribution in [2.75, 3.05) is 18.0 Å². The summed E-state index contributed by atoms with van der Waals surface area (Å²) in [6.07, 6.45) is 3.99. The van der Waals surface area contributed by atoms with E-state index in [4.69, 9.17) is 11.6 Å². The van der Waals surface area contributed by atoms with Gasteiger partial charge >= 0.3 is 0 Å². The van der Waals surface area contributed by atoms with Crippen LogP contribution < -0.4 is 10.2 Å². The molecule has 0 bridgehead atoms. The van der Waals surface area contributed by atoms with Crippen molar-refractivity contribution in [2.24, 2.45) is 5.92 Å². The molecule has 0 unspecified atom stereocenters. The Kier molecular flexibility index (Phi) is 2.67. The maximum atomic E-state index is 11.7. The van der Waals surface area contributed by atoms with Crippen molar-refractivity contribution in [1.82, 2.24) is 10.3 Å². The lowest BCUT2D eigenvalue weighted by molar-refractivity contribution is -0.125. The van der Waals surface area contributed by atoms with Gasteiger partial charge in [0.25, 0.3) is 0 Å². The first-order valence-electron chi connectivity index (χ1n) is 5.90. The first-order chi connectivity index (χ1) is 8.24. The number of halogens is 1. The van der Waals surface area contributed by atoms with E-state index < -0.39 is 0 Å². The number of hydrogen-bond donors (Lipinski definition) is 1. The van der Waals surface area contributed by atoms with Crippen molar-refractivity contribution in [3.8, 4) is 0 Å². The van der Waals surface area contributed by atoms with Crippen LogP contribution in [0.5, 0.6) is 0 Å². The van der Waals surface area contributed by atoms with E-state index in [0.29, 0.717) is 11.1 Å². The highest BCUT2D eigenvalue weighted by atomic mass is 35.5. The Hall–Kier alpha value is -1.29. The molecule has 1 N–H and O–H groups in total. The third-order valence-corrected chi connectivity index (χ3v) is 3.51. The lowest BCUT2D eigenvalue weighted by Crippen LogP contribution is -2.54. The maximum absolute atomic E-state index is 11.7. The standard InChI is InChI=1S/C12H14ClN3O/c13-10-2-1-5-14-11(10)16-6-8(7-16)12(17)15-9-3-4-9/h1-2,5,8-9H,3-4,6-7H2,(H,15,17). The van der Waals surface area contributed by atoms with Crippen LogP contribution in [-0.2, 0) is 4.79 Å². The van der Waals surface area contributed by atoms with Gasteiger partial charge in [0, 0.05) is 25.3 Å². The van der Waals surface area contributed by atoms with E-state index in [0.717, 1.165) is 31.7 Å². The van der Waals surface area contributed by atoms with E-state index >= 15 is 0 Å². The predicted molar refractivity (Wildman–Crippen MR) is 66.1 cm³/mol. The van der Waals surface area contributed by atoms with Crippen LogP contribution in [0.25, 0.3) is 0 Å². The Morgan fingerprint density at radius 3 is 2.88 bits per heavy atom. The summed E-state index contributed by atoms with van der Waals surface area (Å²) in [6.45, 7) is 1.44. The fraction of sp³-hybridized carbons (Fsp3) is 0.500. The maximum Gasteiger partial charge on any atom is 0.226 e. The highest BCUT2D eigenvalue weighted by Crippen LogP contribution is 2.29. The summed E-state index contributed by atoms with van der Waals surface area (Å²) in [5.41, 5.74) is 0. The fourth-order valence-corrected chi connectivity index (χ4v) is 2.22. The number of amides is 1. The summed E-state index contributed by atoms with van der Waals surface area (Å²) in [5.74, 6) is 1.05. The molecule has 1 aliphatic carbocycles. The van der Waals surface area contributed by atoms with Gasteiger partial charge in [-0.1, -0.05) is 11.6 Å². The van der Waals surface area contributed by atoms with Crippen LogP contribution in [0.4, 0.5) is 5.82 Å². The highest BCUT2D eigenvalue weighted by Gasteiger charge is 2.36. The summed E-state index contributed by atoms with van der Waals surface area (Å²) >= 11 is 6.05. The molecule has 2 heterocycles. The number of nitrogens with one attached hydrogen (secondary N) is 1. The topological polar surface area (TPSA) is 45.2 Å². The van der Waals surface area contributed by atoms with Crippen molar-refractivity contribution in [2.45, 2.75) is 18.9 Å². The molecule has 3 rings (SSSR count). The number of rotatable bonds is 3. The normalized spacial score (nSPS) is 19.9. The molecule has 0 aromatic carbocycles. The number of aromatic nitrogens is 1. The Balaban J connectivity index is 1.57. The molecule has 2 aliphatic rings. The van der Waals surface area contributed by atoms with Crippen LogP contribution in [0.1, 0.15) is 12.8 Å². The summed E-state index contributed by atoms with van der Waals surface area (Å²) in [6, 6.07) is 4.07. The Morgan fingerprint density at radius 1 is 1.47 bits per heavy atom. The van der Waals surface area contributed by atoms with E-state index in [-0.39, 0.29) is 11.8 Å². The molecule has 1 amide bonds. The Labute approximate surface area is 105 Å². The molecule has 1 aromatic heterocycles. The summed E-state index contributed by atoms with van der Waals surface area (Å²) in [4.78, 5) is 18.0. The number of carbonyl (C=O) groups excluding carboxylic acids is 1. The summed E-state index contributed by atoms with van der Waals surface area (Å²) in [5, 5.41) is 3.67. The van der Waals surface area contributed by atoms with Gasteiger partial charge in [-0.3, -0.25) is 4.79 Å². The van der Waals surface area contributed by atoms with E-state index in [9.17, 15) is 4.79 Å². The minimum atomic E-state index is 0.0914. The molecule has 90 valence electrons. The van der Waals surface area contributed by atoms with Crippen molar-refractivity contribution >= 4 is 23.3 Å². The molecular formula is C12H14ClN3O. The third-order valence-electron chi connectivity index (χ3n) is 3.21. The van der Waals surface area contributed by atoms with Crippen molar-refractivity contribution < 1.29 is 4.79 Å². The zero-order chi connectivity index (χ0) is 11.8. The van der Waals surface area contributed by atoms with Gasteiger partial charge in [0.2, 0.25) is 5.91 Å². The van der Waals surface area contributed by atoms with Gasteiger partial charge in [0.15, 0.2) is 0 Å². The van der Waals surface area contributed by atoms with Crippen LogP contribution in [0, 0.1) is 5.92 Å². The minimum absolute atomic E-state index is 0.0914. The number of hydrogen-bond acceptors (Lipinski definition) is 3. The third kappa shape index (κ3) is 2.22. The van der Waals surface area contributed by atoms with Gasteiger partial charge in [-0.15, -0.1) is 0 Å². The molecule has 1 aromatic rings. The first kappa shape index (κ1) is 10.8. The van der Waals surface area contributed by atoms with Crippen LogP contribution in [0.2, 0.25) is 5.02 Å². The lowest BCUT2D eigenvalue weighted by Gasteiger charge is -2.39. The number of anilines is 1. The Bertz CT molecular complexity index is 441. The van der Waals surface area contributed by atoms with E-state index in [2.05, 4.69) is 10.3 Å². The number of pyridine rings is 1. The molecule has 0 spiro atoms. The van der Waals surface area contributed by atoms with Gasteiger partial charge in [-0.2, -0.15) is 0 Å². The molecule has 4 nitrogen and oxygen atoms in total. The second-order valence-corrected chi connectivity index (χ2v) is 5.10. The minimum Gasteiger partial charge on any atom is -0.354 e. The van der Waals surface area contributed by atoms with Gasteiger partial charge in [-0.05, 0) is 25.0 Å². The molecule has 0 atom stereocenters. The van der Waals surface area contributed by atoms with Crippen LogP contribution in [0.15, 0.2) is 18.3 Å². The quantitative estimate of drug-likeness (QED) is 0.885. The number of carbonyl (C=O) groups is 1. The molecule has 0 radical (unpaired) electrons.